The second-order valence-electron chi connectivity index (χ2n) is 7.28. The number of likely N-dealkylation sites (N-methyl/N-ethyl adjacent to an activating group) is 1. The zero-order chi connectivity index (χ0) is 23.3. The van der Waals surface area contributed by atoms with E-state index < -0.39 is 11.8 Å². The summed E-state index contributed by atoms with van der Waals surface area (Å²) in [6.07, 6.45) is 2.45. The van der Waals surface area contributed by atoms with Gasteiger partial charge < -0.3 is 15.0 Å². The Bertz CT molecular complexity index is 1060. The highest BCUT2D eigenvalue weighted by atomic mass is 32.2. The van der Waals surface area contributed by atoms with Gasteiger partial charge in [0.05, 0.1) is 23.4 Å². The molecule has 0 unspecified atom stereocenters. The van der Waals surface area contributed by atoms with Gasteiger partial charge in [0.25, 0.3) is 17.7 Å². The number of thioether (sulfide) groups is 1. The van der Waals surface area contributed by atoms with Gasteiger partial charge >= 0.3 is 0 Å². The van der Waals surface area contributed by atoms with Crippen molar-refractivity contribution in [2.75, 3.05) is 45.4 Å². The third kappa shape index (κ3) is 5.00. The third-order valence-electron chi connectivity index (χ3n) is 5.06. The zero-order valence-corrected chi connectivity index (χ0v) is 19.0. The first-order valence-electron chi connectivity index (χ1n) is 10.0. The number of hydrogen-bond acceptors (Lipinski definition) is 6. The predicted molar refractivity (Wildman–Crippen MR) is 122 cm³/mol. The van der Waals surface area contributed by atoms with Gasteiger partial charge in [-0.3, -0.25) is 24.1 Å². The fourth-order valence-electron chi connectivity index (χ4n) is 3.44. The molecule has 1 aliphatic heterocycles. The van der Waals surface area contributed by atoms with Gasteiger partial charge in [-0.1, -0.05) is 12.1 Å². The van der Waals surface area contributed by atoms with Crippen LogP contribution < -0.4 is 5.32 Å². The van der Waals surface area contributed by atoms with E-state index in [1.54, 1.807) is 13.2 Å². The number of hydrogen-bond donors (Lipinski definition) is 1. The van der Waals surface area contributed by atoms with Gasteiger partial charge in [-0.05, 0) is 43.0 Å². The van der Waals surface area contributed by atoms with Crippen molar-refractivity contribution in [1.29, 1.82) is 0 Å². The summed E-state index contributed by atoms with van der Waals surface area (Å²) in [5.74, 6) is -1.55. The van der Waals surface area contributed by atoms with Gasteiger partial charge in [0.2, 0.25) is 5.91 Å². The first-order valence-corrected chi connectivity index (χ1v) is 11.3. The fourth-order valence-corrected chi connectivity index (χ4v) is 3.99. The van der Waals surface area contributed by atoms with E-state index in [-0.39, 0.29) is 41.6 Å². The summed E-state index contributed by atoms with van der Waals surface area (Å²) >= 11 is 1.51. The highest BCUT2D eigenvalue weighted by molar-refractivity contribution is 7.98. The lowest BCUT2D eigenvalue weighted by atomic mass is 10.0. The fraction of sp³-hybridized carbons (Fsp3) is 0.304. The molecule has 3 rings (SSSR count). The molecule has 4 amide bonds. The first kappa shape index (κ1) is 23.5. The molecule has 0 saturated carbocycles. The van der Waals surface area contributed by atoms with Crippen LogP contribution in [0.4, 0.5) is 5.69 Å². The van der Waals surface area contributed by atoms with Crippen LogP contribution in [0.25, 0.3) is 0 Å². The molecule has 0 saturated heterocycles. The Hall–Kier alpha value is -3.17. The van der Waals surface area contributed by atoms with Gasteiger partial charge in [0.1, 0.15) is 0 Å². The maximum atomic E-state index is 12.9. The number of imide groups is 1. The van der Waals surface area contributed by atoms with Crippen molar-refractivity contribution in [1.82, 2.24) is 9.80 Å². The number of amides is 4. The van der Waals surface area contributed by atoms with Crippen molar-refractivity contribution in [3.63, 3.8) is 0 Å². The van der Waals surface area contributed by atoms with E-state index in [9.17, 15) is 19.2 Å². The first-order chi connectivity index (χ1) is 15.4. The maximum absolute atomic E-state index is 12.9. The molecule has 1 aliphatic rings. The van der Waals surface area contributed by atoms with Crippen LogP contribution in [0, 0.1) is 0 Å². The van der Waals surface area contributed by atoms with E-state index >= 15 is 0 Å². The van der Waals surface area contributed by atoms with Crippen LogP contribution in [0.1, 0.15) is 37.5 Å². The molecular weight excluding hydrogens is 430 g/mol. The molecule has 0 bridgehead atoms. The van der Waals surface area contributed by atoms with Gasteiger partial charge in [0.15, 0.2) is 0 Å². The number of carbonyl (C=O) groups excluding carboxylic acids is 4. The van der Waals surface area contributed by atoms with Crippen LogP contribution in [-0.2, 0) is 9.53 Å². The SMILES string of the molecule is COCCCN1C(=O)c2ccc(C(=O)N(C)CC(=O)Nc3ccccc3SC)cc2C1=O. The monoisotopic (exact) mass is 455 g/mol. The average Bonchev–Trinajstić information content (AvgIpc) is 3.03. The summed E-state index contributed by atoms with van der Waals surface area (Å²) in [6.45, 7) is 0.529. The Balaban J connectivity index is 1.68. The molecule has 1 heterocycles. The van der Waals surface area contributed by atoms with Crippen molar-refractivity contribution in [2.24, 2.45) is 0 Å². The Kier molecular flexibility index (Phi) is 7.66. The second-order valence-corrected chi connectivity index (χ2v) is 8.13. The van der Waals surface area contributed by atoms with Crippen molar-refractivity contribution in [3.8, 4) is 0 Å². The van der Waals surface area contributed by atoms with E-state index in [1.165, 1.54) is 41.9 Å². The highest BCUT2D eigenvalue weighted by Gasteiger charge is 2.35. The number of benzene rings is 2. The summed E-state index contributed by atoms with van der Waals surface area (Å²) in [5, 5.41) is 2.81. The number of para-hydroxylation sites is 1. The molecule has 2 aromatic carbocycles. The van der Waals surface area contributed by atoms with Crippen molar-refractivity contribution in [2.45, 2.75) is 11.3 Å². The van der Waals surface area contributed by atoms with Gasteiger partial charge in [-0.2, -0.15) is 0 Å². The lowest BCUT2D eigenvalue weighted by Gasteiger charge is -2.18. The number of rotatable bonds is 9. The molecule has 9 heteroatoms. The number of carbonyl (C=O) groups is 4. The summed E-state index contributed by atoms with van der Waals surface area (Å²) in [5.41, 5.74) is 1.40. The van der Waals surface area contributed by atoms with Crippen molar-refractivity contribution < 1.29 is 23.9 Å². The van der Waals surface area contributed by atoms with Crippen LogP contribution in [0.2, 0.25) is 0 Å². The zero-order valence-electron chi connectivity index (χ0n) is 18.2. The molecule has 2 aromatic rings. The van der Waals surface area contributed by atoms with Gasteiger partial charge in [-0.25, -0.2) is 0 Å². The normalized spacial score (nSPS) is 12.7. The molecule has 32 heavy (non-hydrogen) atoms. The minimum Gasteiger partial charge on any atom is -0.385 e. The smallest absolute Gasteiger partial charge is 0.261 e. The molecule has 1 N–H and O–H groups in total. The Morgan fingerprint density at radius 3 is 2.53 bits per heavy atom. The molecule has 0 aromatic heterocycles. The Labute approximate surface area is 190 Å². The minimum absolute atomic E-state index is 0.158. The Morgan fingerprint density at radius 1 is 1.09 bits per heavy atom. The van der Waals surface area contributed by atoms with E-state index in [0.29, 0.717) is 18.7 Å². The average molecular weight is 456 g/mol. The standard InChI is InChI=1S/C23H25N3O5S/c1-25(14-20(27)24-18-7-4-5-8-19(18)32-3)21(28)15-9-10-16-17(13-15)23(30)26(22(16)29)11-6-12-31-2/h4-5,7-10,13H,6,11-12,14H2,1-3H3,(H,24,27). The molecule has 8 nitrogen and oxygen atoms in total. The number of anilines is 1. The number of fused-ring (bicyclic) bond motifs is 1. The molecule has 0 radical (unpaired) electrons. The minimum atomic E-state index is -0.426. The van der Waals surface area contributed by atoms with Crippen LogP contribution in [0.3, 0.4) is 0 Å². The van der Waals surface area contributed by atoms with Crippen molar-refractivity contribution >= 4 is 41.1 Å². The number of nitrogens with zero attached hydrogens (tertiary/aromatic N) is 2. The van der Waals surface area contributed by atoms with E-state index in [1.807, 2.05) is 24.5 Å². The van der Waals surface area contributed by atoms with E-state index in [0.717, 1.165) is 9.80 Å². The van der Waals surface area contributed by atoms with Gasteiger partial charge in [-0.15, -0.1) is 11.8 Å². The van der Waals surface area contributed by atoms with Gasteiger partial charge in [0, 0.05) is 37.8 Å². The van der Waals surface area contributed by atoms with Crippen LogP contribution in [0.15, 0.2) is 47.4 Å². The van der Waals surface area contributed by atoms with Crippen LogP contribution >= 0.6 is 11.8 Å². The molecule has 0 atom stereocenters. The summed E-state index contributed by atoms with van der Waals surface area (Å²) in [4.78, 5) is 53.8. The molecule has 168 valence electrons. The largest absolute Gasteiger partial charge is 0.385 e. The molecule has 0 aliphatic carbocycles. The lowest BCUT2D eigenvalue weighted by Crippen LogP contribution is -2.35. The second kappa shape index (κ2) is 10.4. The summed E-state index contributed by atoms with van der Waals surface area (Å²) in [7, 11) is 3.07. The van der Waals surface area contributed by atoms with E-state index in [4.69, 9.17) is 4.74 Å². The number of ether oxygens (including phenoxy) is 1. The molecule has 0 fully saturated rings. The number of methoxy groups -OCH3 is 1. The van der Waals surface area contributed by atoms with Crippen molar-refractivity contribution in [3.05, 3.63) is 59.2 Å². The van der Waals surface area contributed by atoms with Crippen LogP contribution in [0.5, 0.6) is 0 Å². The van der Waals surface area contributed by atoms with Crippen LogP contribution in [-0.4, -0.2) is 73.5 Å². The molecule has 0 spiro atoms. The lowest BCUT2D eigenvalue weighted by molar-refractivity contribution is -0.116. The Morgan fingerprint density at radius 2 is 1.81 bits per heavy atom. The highest BCUT2D eigenvalue weighted by Crippen LogP contribution is 2.26. The van der Waals surface area contributed by atoms with E-state index in [2.05, 4.69) is 5.32 Å². The molecular formula is C23H25N3O5S. The summed E-state index contributed by atoms with van der Waals surface area (Å²) < 4.78 is 4.97. The third-order valence-corrected chi connectivity index (χ3v) is 5.85. The number of nitrogens with one attached hydrogen (secondary N) is 1. The topological polar surface area (TPSA) is 96.0 Å². The predicted octanol–water partition coefficient (Wildman–Crippen LogP) is 2.75. The maximum Gasteiger partial charge on any atom is 0.261 e. The summed E-state index contributed by atoms with van der Waals surface area (Å²) in [6, 6.07) is 11.8. The quantitative estimate of drug-likeness (QED) is 0.355.